The number of hydrogen-bond acceptors (Lipinski definition) is 4. The standard InChI is InChI=1S/C25H26N6OS/c1-15-12-17-4-3-5-21(17)24(23(15)18-8-10-31-20(14-18)13-16(2)27-31)26-25(32)29-33-22-9-11-30(28-22)19-6-7-19/h8-14,19H,3-7H2,1-2H3,(H2,26,29,32). The Hall–Kier alpha value is -3.26. The van der Waals surface area contributed by atoms with E-state index in [-0.39, 0.29) is 6.03 Å². The Morgan fingerprint density at radius 3 is 2.82 bits per heavy atom. The van der Waals surface area contributed by atoms with Gasteiger partial charge in [0.1, 0.15) is 5.03 Å². The molecular weight excluding hydrogens is 432 g/mol. The fourth-order valence-corrected chi connectivity index (χ4v) is 5.35. The van der Waals surface area contributed by atoms with Crippen molar-refractivity contribution >= 4 is 29.2 Å². The van der Waals surface area contributed by atoms with Crippen LogP contribution in [0.5, 0.6) is 0 Å². The molecule has 168 valence electrons. The molecule has 1 saturated carbocycles. The van der Waals surface area contributed by atoms with Crippen LogP contribution in [0.3, 0.4) is 0 Å². The van der Waals surface area contributed by atoms with Gasteiger partial charge in [0.05, 0.1) is 22.9 Å². The van der Waals surface area contributed by atoms with Gasteiger partial charge in [-0.05, 0) is 92.5 Å². The average molecular weight is 459 g/mol. The molecule has 0 unspecified atom stereocenters. The number of nitrogens with one attached hydrogen (secondary N) is 2. The Labute approximate surface area is 196 Å². The number of aryl methyl sites for hydroxylation is 3. The van der Waals surface area contributed by atoms with Crippen molar-refractivity contribution in [2.24, 2.45) is 0 Å². The normalized spacial score (nSPS) is 15.1. The zero-order valence-electron chi connectivity index (χ0n) is 18.8. The minimum absolute atomic E-state index is 0.233. The van der Waals surface area contributed by atoms with Crippen molar-refractivity contribution in [1.82, 2.24) is 24.1 Å². The van der Waals surface area contributed by atoms with Crippen molar-refractivity contribution in [3.05, 3.63) is 65.1 Å². The molecule has 2 aliphatic rings. The molecule has 1 aromatic carbocycles. The molecule has 0 saturated heterocycles. The molecule has 33 heavy (non-hydrogen) atoms. The van der Waals surface area contributed by atoms with E-state index in [4.69, 9.17) is 0 Å². The molecule has 6 rings (SSSR count). The van der Waals surface area contributed by atoms with Crippen LogP contribution < -0.4 is 10.0 Å². The molecule has 0 aliphatic heterocycles. The molecule has 3 heterocycles. The van der Waals surface area contributed by atoms with Crippen LogP contribution in [0, 0.1) is 13.8 Å². The van der Waals surface area contributed by atoms with Crippen molar-refractivity contribution in [1.29, 1.82) is 0 Å². The smallest absolute Gasteiger partial charge is 0.306 e. The number of pyridine rings is 1. The maximum atomic E-state index is 13.0. The number of carbonyl (C=O) groups excluding carboxylic acids is 1. The first-order chi connectivity index (χ1) is 16.0. The summed E-state index contributed by atoms with van der Waals surface area (Å²) in [4.78, 5) is 13.0. The summed E-state index contributed by atoms with van der Waals surface area (Å²) in [6, 6.07) is 10.8. The van der Waals surface area contributed by atoms with E-state index in [1.807, 2.05) is 34.6 Å². The predicted molar refractivity (Wildman–Crippen MR) is 131 cm³/mol. The highest BCUT2D eigenvalue weighted by Gasteiger charge is 2.25. The third-order valence-corrected chi connectivity index (χ3v) is 7.18. The maximum absolute atomic E-state index is 13.0. The van der Waals surface area contributed by atoms with E-state index in [1.165, 1.54) is 41.5 Å². The lowest BCUT2D eigenvalue weighted by Gasteiger charge is -2.19. The first-order valence-electron chi connectivity index (χ1n) is 11.5. The lowest BCUT2D eigenvalue weighted by molar-refractivity contribution is 0.257. The molecule has 2 N–H and O–H groups in total. The Morgan fingerprint density at radius 2 is 1.97 bits per heavy atom. The zero-order chi connectivity index (χ0) is 22.5. The summed E-state index contributed by atoms with van der Waals surface area (Å²) in [6.45, 7) is 4.12. The third-order valence-electron chi connectivity index (χ3n) is 6.46. The predicted octanol–water partition coefficient (Wildman–Crippen LogP) is 5.47. The quantitative estimate of drug-likeness (QED) is 0.389. The molecular formula is C25H26N6OS. The maximum Gasteiger partial charge on any atom is 0.329 e. The first-order valence-corrected chi connectivity index (χ1v) is 12.3. The lowest BCUT2D eigenvalue weighted by atomic mass is 9.93. The van der Waals surface area contributed by atoms with Crippen LogP contribution in [-0.2, 0) is 12.8 Å². The van der Waals surface area contributed by atoms with Crippen molar-refractivity contribution in [2.75, 3.05) is 5.32 Å². The molecule has 0 radical (unpaired) electrons. The van der Waals surface area contributed by atoms with Crippen molar-refractivity contribution in [2.45, 2.75) is 57.0 Å². The Bertz CT molecular complexity index is 1380. The number of hydrogen-bond donors (Lipinski definition) is 2. The van der Waals surface area contributed by atoms with Crippen LogP contribution in [0.4, 0.5) is 10.5 Å². The number of carbonyl (C=O) groups is 1. The van der Waals surface area contributed by atoms with Crippen LogP contribution in [0.25, 0.3) is 16.6 Å². The Morgan fingerprint density at radius 1 is 1.09 bits per heavy atom. The van der Waals surface area contributed by atoms with Gasteiger partial charge >= 0.3 is 6.03 Å². The number of aromatic nitrogens is 4. The highest BCUT2D eigenvalue weighted by molar-refractivity contribution is 7.97. The molecule has 0 bridgehead atoms. The summed E-state index contributed by atoms with van der Waals surface area (Å²) in [7, 11) is 0. The van der Waals surface area contributed by atoms with Gasteiger partial charge in [0.2, 0.25) is 0 Å². The zero-order valence-corrected chi connectivity index (χ0v) is 19.6. The largest absolute Gasteiger partial charge is 0.329 e. The Balaban J connectivity index is 1.30. The lowest BCUT2D eigenvalue weighted by Crippen LogP contribution is -2.24. The average Bonchev–Trinajstić information content (AvgIpc) is 3.18. The number of urea groups is 1. The summed E-state index contributed by atoms with van der Waals surface area (Å²) >= 11 is 1.25. The van der Waals surface area contributed by atoms with Gasteiger partial charge in [-0.25, -0.2) is 9.31 Å². The fourth-order valence-electron chi connectivity index (χ4n) is 4.84. The van der Waals surface area contributed by atoms with Gasteiger partial charge in [-0.15, -0.1) is 0 Å². The molecule has 7 nitrogen and oxygen atoms in total. The van der Waals surface area contributed by atoms with E-state index in [0.717, 1.165) is 52.3 Å². The number of benzene rings is 1. The second-order valence-corrected chi connectivity index (χ2v) is 9.86. The molecule has 8 heteroatoms. The summed E-state index contributed by atoms with van der Waals surface area (Å²) < 4.78 is 6.79. The highest BCUT2D eigenvalue weighted by atomic mass is 32.2. The molecule has 0 atom stereocenters. The van der Waals surface area contributed by atoms with Crippen LogP contribution in [-0.4, -0.2) is 25.4 Å². The number of rotatable bonds is 5. The highest BCUT2D eigenvalue weighted by Crippen LogP contribution is 2.40. The van der Waals surface area contributed by atoms with E-state index in [1.54, 1.807) is 0 Å². The number of nitrogens with zero attached hydrogens (tertiary/aromatic N) is 4. The minimum Gasteiger partial charge on any atom is -0.306 e. The van der Waals surface area contributed by atoms with E-state index in [0.29, 0.717) is 6.04 Å². The van der Waals surface area contributed by atoms with E-state index in [2.05, 4.69) is 51.4 Å². The van der Waals surface area contributed by atoms with Crippen molar-refractivity contribution < 1.29 is 4.79 Å². The summed E-state index contributed by atoms with van der Waals surface area (Å²) in [5.74, 6) is 0. The third kappa shape index (κ3) is 3.88. The fraction of sp³-hybridized carbons (Fsp3) is 0.320. The molecule has 4 aromatic rings. The number of fused-ring (bicyclic) bond motifs is 2. The molecule has 1 fully saturated rings. The summed E-state index contributed by atoms with van der Waals surface area (Å²) in [5.41, 5.74) is 8.86. The topological polar surface area (TPSA) is 76.2 Å². The Kier molecular flexibility index (Phi) is 4.90. The molecule has 3 aromatic heterocycles. The number of amides is 2. The second kappa shape index (κ2) is 7.95. The molecule has 2 amide bonds. The van der Waals surface area contributed by atoms with Gasteiger partial charge in [-0.2, -0.15) is 10.2 Å². The minimum atomic E-state index is -0.233. The van der Waals surface area contributed by atoms with E-state index in [9.17, 15) is 4.79 Å². The SMILES string of the molecule is Cc1cc2cc(-c3c(C)cc4c(c3NC(=O)NSc3ccn(C5CC5)n3)CCC4)ccn2n1. The van der Waals surface area contributed by atoms with Crippen LogP contribution >= 0.6 is 11.9 Å². The van der Waals surface area contributed by atoms with Gasteiger partial charge in [0.15, 0.2) is 0 Å². The summed E-state index contributed by atoms with van der Waals surface area (Å²) in [6.07, 6.45) is 9.49. The van der Waals surface area contributed by atoms with Crippen LogP contribution in [0.15, 0.2) is 47.8 Å². The van der Waals surface area contributed by atoms with E-state index < -0.39 is 0 Å². The van der Waals surface area contributed by atoms with Crippen molar-refractivity contribution in [3.63, 3.8) is 0 Å². The number of anilines is 1. The van der Waals surface area contributed by atoms with Gasteiger partial charge in [-0.3, -0.25) is 9.40 Å². The van der Waals surface area contributed by atoms with Crippen LogP contribution in [0.2, 0.25) is 0 Å². The molecule has 0 spiro atoms. The summed E-state index contributed by atoms with van der Waals surface area (Å²) in [5, 5.41) is 13.0. The van der Waals surface area contributed by atoms with E-state index >= 15 is 0 Å². The van der Waals surface area contributed by atoms with Crippen LogP contribution in [0.1, 0.15) is 47.7 Å². The second-order valence-electron chi connectivity index (χ2n) is 9.03. The molecule has 2 aliphatic carbocycles. The van der Waals surface area contributed by atoms with Gasteiger partial charge in [-0.1, -0.05) is 6.07 Å². The monoisotopic (exact) mass is 458 g/mol. The van der Waals surface area contributed by atoms with Gasteiger partial charge < -0.3 is 5.32 Å². The first kappa shape index (κ1) is 20.4. The van der Waals surface area contributed by atoms with Gasteiger partial charge in [0, 0.05) is 29.9 Å². The van der Waals surface area contributed by atoms with Gasteiger partial charge in [0.25, 0.3) is 0 Å². The van der Waals surface area contributed by atoms with Crippen molar-refractivity contribution in [3.8, 4) is 11.1 Å².